The predicted octanol–water partition coefficient (Wildman–Crippen LogP) is 0.318. The number of carbonyl (C=O) groups is 1. The zero-order valence-corrected chi connectivity index (χ0v) is 8.04. The molecule has 0 aliphatic carbocycles. The lowest BCUT2D eigenvalue weighted by atomic mass is 10.2. The minimum atomic E-state index is -0.206. The van der Waals surface area contributed by atoms with E-state index >= 15 is 0 Å². The van der Waals surface area contributed by atoms with Crippen LogP contribution in [0.4, 0.5) is 0 Å². The third kappa shape index (κ3) is 3.74. The van der Waals surface area contributed by atoms with Gasteiger partial charge in [0.25, 0.3) is 0 Å². The quantitative estimate of drug-likeness (QED) is 0.630. The molecule has 76 valence electrons. The topological polar surface area (TPSA) is 47.6 Å². The lowest BCUT2D eigenvalue weighted by Crippen LogP contribution is -2.34. The zero-order valence-electron chi connectivity index (χ0n) is 8.04. The molecule has 1 rings (SSSR count). The van der Waals surface area contributed by atoms with Gasteiger partial charge in [0.05, 0.1) is 0 Å². The van der Waals surface area contributed by atoms with Crippen molar-refractivity contribution in [3.05, 3.63) is 0 Å². The number of hydrogen-bond donors (Lipinski definition) is 1. The van der Waals surface area contributed by atoms with Crippen LogP contribution >= 0.6 is 0 Å². The summed E-state index contributed by atoms with van der Waals surface area (Å²) < 4.78 is 10.1. The Morgan fingerprint density at radius 2 is 2.54 bits per heavy atom. The highest BCUT2D eigenvalue weighted by Gasteiger charge is 2.22. The second kappa shape index (κ2) is 5.94. The first-order valence-electron chi connectivity index (χ1n) is 4.73. The van der Waals surface area contributed by atoms with Crippen molar-refractivity contribution >= 4 is 5.91 Å². The molecule has 0 aromatic carbocycles. The van der Waals surface area contributed by atoms with Gasteiger partial charge in [0.15, 0.2) is 0 Å². The van der Waals surface area contributed by atoms with Gasteiger partial charge in [0.2, 0.25) is 5.91 Å². The molecule has 1 aliphatic rings. The number of rotatable bonds is 5. The average molecular weight is 187 g/mol. The molecular formula is C9H17NO3. The van der Waals surface area contributed by atoms with Crippen molar-refractivity contribution in [2.24, 2.45) is 0 Å². The van der Waals surface area contributed by atoms with E-state index in [0.29, 0.717) is 13.2 Å². The summed E-state index contributed by atoms with van der Waals surface area (Å²) in [5, 5.41) is 2.82. The van der Waals surface area contributed by atoms with Gasteiger partial charge in [0.1, 0.15) is 6.10 Å². The number of hydrogen-bond acceptors (Lipinski definition) is 3. The Morgan fingerprint density at radius 3 is 3.15 bits per heavy atom. The van der Waals surface area contributed by atoms with Gasteiger partial charge in [-0.05, 0) is 19.3 Å². The van der Waals surface area contributed by atoms with Crippen molar-refractivity contribution in [1.29, 1.82) is 0 Å². The lowest BCUT2D eigenvalue weighted by Gasteiger charge is -2.09. The summed E-state index contributed by atoms with van der Waals surface area (Å²) in [5.41, 5.74) is 0. The second-order valence-corrected chi connectivity index (χ2v) is 3.14. The van der Waals surface area contributed by atoms with E-state index in [0.717, 1.165) is 25.9 Å². The Bertz CT molecular complexity index is 155. The molecule has 4 nitrogen and oxygen atoms in total. The van der Waals surface area contributed by atoms with E-state index < -0.39 is 0 Å². The maximum atomic E-state index is 11.3. The number of methoxy groups -OCH3 is 1. The van der Waals surface area contributed by atoms with Crippen molar-refractivity contribution in [2.45, 2.75) is 25.4 Å². The molecule has 1 saturated heterocycles. The van der Waals surface area contributed by atoms with Crippen molar-refractivity contribution in [3.63, 3.8) is 0 Å². The molecule has 0 aromatic rings. The molecule has 4 heteroatoms. The van der Waals surface area contributed by atoms with E-state index in [1.54, 1.807) is 7.11 Å². The molecule has 1 heterocycles. The van der Waals surface area contributed by atoms with Crippen LogP contribution in [0.1, 0.15) is 19.3 Å². The molecule has 1 atom stereocenters. The summed E-state index contributed by atoms with van der Waals surface area (Å²) in [4.78, 5) is 11.3. The molecule has 0 bridgehead atoms. The Morgan fingerprint density at radius 1 is 1.69 bits per heavy atom. The maximum absolute atomic E-state index is 11.3. The van der Waals surface area contributed by atoms with Crippen LogP contribution in [0.3, 0.4) is 0 Å². The van der Waals surface area contributed by atoms with Crippen LogP contribution in [0, 0.1) is 0 Å². The van der Waals surface area contributed by atoms with Crippen molar-refractivity contribution in [1.82, 2.24) is 5.32 Å². The average Bonchev–Trinajstić information content (AvgIpc) is 2.65. The van der Waals surface area contributed by atoms with Gasteiger partial charge in [-0.3, -0.25) is 4.79 Å². The van der Waals surface area contributed by atoms with E-state index in [4.69, 9.17) is 9.47 Å². The number of carbonyl (C=O) groups excluding carboxylic acids is 1. The Kier molecular flexibility index (Phi) is 4.78. The fourth-order valence-corrected chi connectivity index (χ4v) is 1.33. The Labute approximate surface area is 78.6 Å². The van der Waals surface area contributed by atoms with Gasteiger partial charge in [-0.1, -0.05) is 0 Å². The molecule has 0 saturated carbocycles. The number of amides is 1. The first-order chi connectivity index (χ1) is 6.34. The zero-order chi connectivity index (χ0) is 9.52. The van der Waals surface area contributed by atoms with Crippen LogP contribution < -0.4 is 5.32 Å². The molecule has 1 amide bonds. The molecule has 13 heavy (non-hydrogen) atoms. The SMILES string of the molecule is COCCCNC(=O)C1CCCO1. The van der Waals surface area contributed by atoms with Crippen LogP contribution in [0.5, 0.6) is 0 Å². The van der Waals surface area contributed by atoms with Crippen LogP contribution in [0.15, 0.2) is 0 Å². The maximum Gasteiger partial charge on any atom is 0.249 e. The molecule has 1 aliphatic heterocycles. The van der Waals surface area contributed by atoms with Crippen molar-refractivity contribution in [2.75, 3.05) is 26.9 Å². The van der Waals surface area contributed by atoms with Gasteiger partial charge in [0, 0.05) is 26.9 Å². The van der Waals surface area contributed by atoms with Crippen molar-refractivity contribution < 1.29 is 14.3 Å². The predicted molar refractivity (Wildman–Crippen MR) is 48.5 cm³/mol. The summed E-state index contributed by atoms with van der Waals surface area (Å²) in [6, 6.07) is 0. The molecule has 0 spiro atoms. The second-order valence-electron chi connectivity index (χ2n) is 3.14. The van der Waals surface area contributed by atoms with Crippen LogP contribution in [-0.4, -0.2) is 38.9 Å². The highest BCUT2D eigenvalue weighted by atomic mass is 16.5. The smallest absolute Gasteiger partial charge is 0.249 e. The number of nitrogens with one attached hydrogen (secondary N) is 1. The third-order valence-corrected chi connectivity index (χ3v) is 2.05. The highest BCUT2D eigenvalue weighted by Crippen LogP contribution is 2.11. The Hall–Kier alpha value is -0.610. The van der Waals surface area contributed by atoms with E-state index in [1.165, 1.54) is 0 Å². The van der Waals surface area contributed by atoms with Gasteiger partial charge in [-0.2, -0.15) is 0 Å². The minimum Gasteiger partial charge on any atom is -0.385 e. The fraction of sp³-hybridized carbons (Fsp3) is 0.889. The molecule has 1 N–H and O–H groups in total. The summed E-state index contributed by atoms with van der Waals surface area (Å²) in [7, 11) is 1.65. The summed E-state index contributed by atoms with van der Waals surface area (Å²) in [5.74, 6) is 0.0219. The van der Waals surface area contributed by atoms with Gasteiger partial charge >= 0.3 is 0 Å². The largest absolute Gasteiger partial charge is 0.385 e. The molecular weight excluding hydrogens is 170 g/mol. The van der Waals surface area contributed by atoms with Gasteiger partial charge < -0.3 is 14.8 Å². The van der Waals surface area contributed by atoms with Crippen LogP contribution in [0.25, 0.3) is 0 Å². The fourth-order valence-electron chi connectivity index (χ4n) is 1.33. The molecule has 0 radical (unpaired) electrons. The summed E-state index contributed by atoms with van der Waals surface area (Å²) in [6.07, 6.45) is 2.50. The minimum absolute atomic E-state index is 0.0219. The normalized spacial score (nSPS) is 21.8. The Balaban J connectivity index is 2.03. The monoisotopic (exact) mass is 187 g/mol. The summed E-state index contributed by atoms with van der Waals surface area (Å²) in [6.45, 7) is 2.08. The molecule has 0 aromatic heterocycles. The molecule has 1 unspecified atom stereocenters. The standard InChI is InChI=1S/C9H17NO3/c1-12-6-3-5-10-9(11)8-4-2-7-13-8/h8H,2-7H2,1H3,(H,10,11). The first-order valence-corrected chi connectivity index (χ1v) is 4.73. The van der Waals surface area contributed by atoms with Gasteiger partial charge in [-0.25, -0.2) is 0 Å². The number of ether oxygens (including phenoxy) is 2. The van der Waals surface area contributed by atoms with Crippen LogP contribution in [-0.2, 0) is 14.3 Å². The first kappa shape index (κ1) is 10.5. The van der Waals surface area contributed by atoms with Crippen molar-refractivity contribution in [3.8, 4) is 0 Å². The van der Waals surface area contributed by atoms with Gasteiger partial charge in [-0.15, -0.1) is 0 Å². The van der Waals surface area contributed by atoms with E-state index in [1.807, 2.05) is 0 Å². The van der Waals surface area contributed by atoms with Crippen LogP contribution in [0.2, 0.25) is 0 Å². The third-order valence-electron chi connectivity index (χ3n) is 2.05. The van der Waals surface area contributed by atoms with E-state index in [-0.39, 0.29) is 12.0 Å². The molecule has 1 fully saturated rings. The van der Waals surface area contributed by atoms with E-state index in [9.17, 15) is 4.79 Å². The van der Waals surface area contributed by atoms with E-state index in [2.05, 4.69) is 5.32 Å². The summed E-state index contributed by atoms with van der Waals surface area (Å²) >= 11 is 0. The highest BCUT2D eigenvalue weighted by molar-refractivity contribution is 5.80. The lowest BCUT2D eigenvalue weighted by molar-refractivity contribution is -0.130.